The van der Waals surface area contributed by atoms with Gasteiger partial charge in [-0.3, -0.25) is 14.4 Å². The number of likely N-dealkylation sites (tertiary alicyclic amines) is 1. The Kier molecular flexibility index (Phi) is 5.85. The number of rotatable bonds is 5. The highest BCUT2D eigenvalue weighted by Crippen LogP contribution is 2.29. The third-order valence-electron chi connectivity index (χ3n) is 3.38. The second-order valence-corrected chi connectivity index (χ2v) is 5.95. The Balaban J connectivity index is 1.89. The molecule has 0 aliphatic carbocycles. The largest absolute Gasteiger partial charge is 0.451 e. The van der Waals surface area contributed by atoms with Crippen LogP contribution in [-0.4, -0.2) is 41.9 Å². The molecular formula is C15H16Cl2N2O4. The molecule has 6 nitrogen and oxygen atoms in total. The molecule has 1 fully saturated rings. The minimum atomic E-state index is -1.03. The highest BCUT2D eigenvalue weighted by molar-refractivity contribution is 6.39. The molecule has 1 saturated heterocycles. The molecule has 1 aromatic carbocycles. The van der Waals surface area contributed by atoms with Gasteiger partial charge in [-0.05, 0) is 25.5 Å². The molecule has 23 heavy (non-hydrogen) atoms. The fourth-order valence-corrected chi connectivity index (χ4v) is 2.65. The number of esters is 1. The first-order chi connectivity index (χ1) is 10.9. The summed E-state index contributed by atoms with van der Waals surface area (Å²) in [6.45, 7) is 1.82. The van der Waals surface area contributed by atoms with Gasteiger partial charge in [0.25, 0.3) is 5.91 Å². The third-order valence-corrected chi connectivity index (χ3v) is 4.01. The topological polar surface area (TPSA) is 75.7 Å². The molecule has 1 aliphatic heterocycles. The summed E-state index contributed by atoms with van der Waals surface area (Å²) in [5.41, 5.74) is 0.262. The number of nitrogens with one attached hydrogen (secondary N) is 1. The van der Waals surface area contributed by atoms with Crippen LogP contribution < -0.4 is 5.32 Å². The van der Waals surface area contributed by atoms with Crippen molar-refractivity contribution in [2.75, 3.05) is 18.4 Å². The summed E-state index contributed by atoms with van der Waals surface area (Å²) in [5.74, 6) is -1.27. The molecule has 1 N–H and O–H groups in total. The second kappa shape index (κ2) is 7.66. The summed E-state index contributed by atoms with van der Waals surface area (Å²) in [6, 6.07) is 4.81. The third kappa shape index (κ3) is 4.59. The Morgan fingerprint density at radius 2 is 2.00 bits per heavy atom. The van der Waals surface area contributed by atoms with E-state index in [0.29, 0.717) is 13.0 Å². The first kappa shape index (κ1) is 17.6. The van der Waals surface area contributed by atoms with Crippen LogP contribution in [0.1, 0.15) is 19.8 Å². The molecule has 124 valence electrons. The van der Waals surface area contributed by atoms with Crippen molar-refractivity contribution in [2.24, 2.45) is 0 Å². The van der Waals surface area contributed by atoms with Gasteiger partial charge in [0.05, 0.1) is 15.7 Å². The molecule has 1 heterocycles. The first-order valence-electron chi connectivity index (χ1n) is 7.10. The number of ether oxygens (including phenoxy) is 1. The van der Waals surface area contributed by atoms with Gasteiger partial charge in [0.15, 0.2) is 6.10 Å². The van der Waals surface area contributed by atoms with E-state index in [4.69, 9.17) is 27.9 Å². The molecule has 2 amide bonds. The highest BCUT2D eigenvalue weighted by atomic mass is 35.5. The highest BCUT2D eigenvalue weighted by Gasteiger charge is 2.25. The monoisotopic (exact) mass is 358 g/mol. The van der Waals surface area contributed by atoms with Crippen molar-refractivity contribution in [3.8, 4) is 0 Å². The minimum Gasteiger partial charge on any atom is -0.451 e. The summed E-state index contributed by atoms with van der Waals surface area (Å²) < 4.78 is 5.04. The predicted molar refractivity (Wildman–Crippen MR) is 86.5 cm³/mol. The van der Waals surface area contributed by atoms with E-state index in [1.165, 1.54) is 11.8 Å². The summed E-state index contributed by atoms with van der Waals surface area (Å²) >= 11 is 11.9. The van der Waals surface area contributed by atoms with Gasteiger partial charge in [-0.2, -0.15) is 0 Å². The Hall–Kier alpha value is -1.79. The van der Waals surface area contributed by atoms with Gasteiger partial charge in [0.1, 0.15) is 6.54 Å². The zero-order valence-corrected chi connectivity index (χ0v) is 14.0. The van der Waals surface area contributed by atoms with Crippen molar-refractivity contribution >= 4 is 46.7 Å². The lowest BCUT2D eigenvalue weighted by Gasteiger charge is -2.18. The molecule has 1 aromatic rings. The maximum atomic E-state index is 12.1. The maximum absolute atomic E-state index is 12.1. The predicted octanol–water partition coefficient (Wildman–Crippen LogP) is 2.49. The number of benzene rings is 1. The van der Waals surface area contributed by atoms with Crippen molar-refractivity contribution < 1.29 is 19.1 Å². The number of hydrogen-bond acceptors (Lipinski definition) is 4. The van der Waals surface area contributed by atoms with Crippen molar-refractivity contribution in [3.63, 3.8) is 0 Å². The molecule has 0 bridgehead atoms. The van der Waals surface area contributed by atoms with Gasteiger partial charge < -0.3 is 15.0 Å². The van der Waals surface area contributed by atoms with Gasteiger partial charge in [-0.1, -0.05) is 29.3 Å². The SMILES string of the molecule is C[C@@H](OC(=O)CN1CCCC1=O)C(=O)Nc1c(Cl)cccc1Cl. The van der Waals surface area contributed by atoms with Gasteiger partial charge in [-0.25, -0.2) is 0 Å². The van der Waals surface area contributed by atoms with Crippen LogP contribution in [0.4, 0.5) is 5.69 Å². The summed E-state index contributed by atoms with van der Waals surface area (Å²) in [5, 5.41) is 3.09. The van der Waals surface area contributed by atoms with Crippen LogP contribution in [0.2, 0.25) is 10.0 Å². The molecule has 8 heteroatoms. The van der Waals surface area contributed by atoms with Gasteiger partial charge in [-0.15, -0.1) is 0 Å². The number of nitrogens with zero attached hydrogens (tertiary/aromatic N) is 1. The van der Waals surface area contributed by atoms with Crippen LogP contribution in [-0.2, 0) is 19.1 Å². The fourth-order valence-electron chi connectivity index (χ4n) is 2.16. The number of para-hydroxylation sites is 1. The standard InChI is InChI=1S/C15H16Cl2N2O4/c1-9(23-13(21)8-19-7-3-6-12(19)20)15(22)18-14-10(16)4-2-5-11(14)17/h2,4-5,9H,3,6-8H2,1H3,(H,18,22)/t9-/m1/s1. The lowest BCUT2D eigenvalue weighted by atomic mass is 10.3. The van der Waals surface area contributed by atoms with Crippen molar-refractivity contribution in [3.05, 3.63) is 28.2 Å². The molecule has 1 aliphatic rings. The number of halogens is 2. The van der Waals surface area contributed by atoms with Crippen LogP contribution >= 0.6 is 23.2 Å². The van der Waals surface area contributed by atoms with Gasteiger partial charge in [0.2, 0.25) is 5.91 Å². The Bertz CT molecular complexity index is 616. The lowest BCUT2D eigenvalue weighted by molar-refractivity contribution is -0.155. The van der Waals surface area contributed by atoms with Crippen LogP contribution in [0.5, 0.6) is 0 Å². The van der Waals surface area contributed by atoms with E-state index < -0.39 is 18.0 Å². The normalized spacial score (nSPS) is 15.4. The van der Waals surface area contributed by atoms with Gasteiger partial charge >= 0.3 is 5.97 Å². The molecular weight excluding hydrogens is 343 g/mol. The zero-order chi connectivity index (χ0) is 17.0. The molecule has 0 spiro atoms. The molecule has 1 atom stereocenters. The van der Waals surface area contributed by atoms with E-state index in [-0.39, 0.29) is 28.2 Å². The summed E-state index contributed by atoms with van der Waals surface area (Å²) in [4.78, 5) is 36.7. The first-order valence-corrected chi connectivity index (χ1v) is 7.86. The van der Waals surface area contributed by atoms with Crippen molar-refractivity contribution in [1.29, 1.82) is 0 Å². The molecule has 0 unspecified atom stereocenters. The van der Waals surface area contributed by atoms with Crippen LogP contribution in [0.15, 0.2) is 18.2 Å². The van der Waals surface area contributed by atoms with E-state index >= 15 is 0 Å². The molecule has 0 aromatic heterocycles. The number of carbonyl (C=O) groups excluding carboxylic acids is 3. The Morgan fingerprint density at radius 1 is 1.35 bits per heavy atom. The summed E-state index contributed by atoms with van der Waals surface area (Å²) in [6.07, 6.45) is 0.133. The van der Waals surface area contributed by atoms with Crippen molar-refractivity contribution in [2.45, 2.75) is 25.9 Å². The van der Waals surface area contributed by atoms with E-state index in [2.05, 4.69) is 5.32 Å². The average Bonchev–Trinajstić information content (AvgIpc) is 2.88. The van der Waals surface area contributed by atoms with E-state index in [1.54, 1.807) is 18.2 Å². The number of carbonyl (C=O) groups is 3. The number of amides is 2. The number of hydrogen-bond donors (Lipinski definition) is 1. The van der Waals surface area contributed by atoms with Crippen LogP contribution in [0.25, 0.3) is 0 Å². The molecule has 0 radical (unpaired) electrons. The van der Waals surface area contributed by atoms with E-state index in [1.807, 2.05) is 0 Å². The quantitative estimate of drug-likeness (QED) is 0.820. The second-order valence-electron chi connectivity index (χ2n) is 5.14. The zero-order valence-electron chi connectivity index (χ0n) is 12.5. The Morgan fingerprint density at radius 3 is 2.57 bits per heavy atom. The lowest BCUT2D eigenvalue weighted by Crippen LogP contribution is -2.36. The van der Waals surface area contributed by atoms with E-state index in [0.717, 1.165) is 6.42 Å². The smallest absolute Gasteiger partial charge is 0.326 e. The minimum absolute atomic E-state index is 0.0816. The molecule has 2 rings (SSSR count). The number of anilines is 1. The van der Waals surface area contributed by atoms with Crippen molar-refractivity contribution in [1.82, 2.24) is 4.90 Å². The van der Waals surface area contributed by atoms with Crippen LogP contribution in [0.3, 0.4) is 0 Å². The van der Waals surface area contributed by atoms with Gasteiger partial charge in [0, 0.05) is 13.0 Å². The van der Waals surface area contributed by atoms with Crippen LogP contribution in [0, 0.1) is 0 Å². The average molecular weight is 359 g/mol. The Labute approximate surface area is 143 Å². The molecule has 0 saturated carbocycles. The summed E-state index contributed by atoms with van der Waals surface area (Å²) in [7, 11) is 0. The fraction of sp³-hybridized carbons (Fsp3) is 0.400. The maximum Gasteiger partial charge on any atom is 0.326 e. The van der Waals surface area contributed by atoms with E-state index in [9.17, 15) is 14.4 Å².